The molecule has 0 atom stereocenters. The highest BCUT2D eigenvalue weighted by molar-refractivity contribution is 9.10. The largest absolute Gasteiger partial charge is 0.488 e. The van der Waals surface area contributed by atoms with E-state index in [1.807, 2.05) is 12.1 Å². The molecule has 0 fully saturated rings. The summed E-state index contributed by atoms with van der Waals surface area (Å²) in [6.07, 6.45) is 0. The standard InChI is InChI=1S/C13H9BrClFO/c14-12-7-11(16)5-6-13(12)17-8-9-1-3-10(15)4-2-9/h1-7H,8H2. The summed E-state index contributed by atoms with van der Waals surface area (Å²) in [5, 5.41) is 0.691. The van der Waals surface area contributed by atoms with Gasteiger partial charge < -0.3 is 4.74 Å². The molecule has 2 aromatic rings. The van der Waals surface area contributed by atoms with Gasteiger partial charge >= 0.3 is 0 Å². The molecule has 0 aliphatic carbocycles. The predicted molar refractivity (Wildman–Crippen MR) is 69.9 cm³/mol. The van der Waals surface area contributed by atoms with Crippen LogP contribution >= 0.6 is 27.5 Å². The smallest absolute Gasteiger partial charge is 0.134 e. The molecule has 0 unspecified atom stereocenters. The van der Waals surface area contributed by atoms with Crippen LogP contribution in [0.1, 0.15) is 5.56 Å². The first-order valence-electron chi connectivity index (χ1n) is 4.97. The predicted octanol–water partition coefficient (Wildman–Crippen LogP) is 4.82. The number of hydrogen-bond acceptors (Lipinski definition) is 1. The average molecular weight is 316 g/mol. The zero-order chi connectivity index (χ0) is 12.3. The van der Waals surface area contributed by atoms with E-state index in [4.69, 9.17) is 16.3 Å². The molecular weight excluding hydrogens is 306 g/mol. The zero-order valence-corrected chi connectivity index (χ0v) is 11.1. The van der Waals surface area contributed by atoms with Crippen molar-refractivity contribution < 1.29 is 9.13 Å². The van der Waals surface area contributed by atoms with Crippen molar-refractivity contribution in [2.75, 3.05) is 0 Å². The maximum atomic E-state index is 12.9. The quantitative estimate of drug-likeness (QED) is 0.789. The van der Waals surface area contributed by atoms with Gasteiger partial charge in [0.25, 0.3) is 0 Å². The van der Waals surface area contributed by atoms with Gasteiger partial charge in [0.2, 0.25) is 0 Å². The van der Waals surface area contributed by atoms with Crippen molar-refractivity contribution in [3.63, 3.8) is 0 Å². The topological polar surface area (TPSA) is 9.23 Å². The van der Waals surface area contributed by atoms with E-state index in [1.54, 1.807) is 18.2 Å². The van der Waals surface area contributed by atoms with Gasteiger partial charge in [-0.1, -0.05) is 23.7 Å². The summed E-state index contributed by atoms with van der Waals surface area (Å²) in [4.78, 5) is 0. The molecule has 0 amide bonds. The van der Waals surface area contributed by atoms with E-state index in [9.17, 15) is 4.39 Å². The Hall–Kier alpha value is -1.06. The molecule has 2 aromatic carbocycles. The van der Waals surface area contributed by atoms with Crippen LogP contribution in [0, 0.1) is 5.82 Å². The van der Waals surface area contributed by atoms with Crippen LogP contribution in [0.3, 0.4) is 0 Å². The van der Waals surface area contributed by atoms with E-state index >= 15 is 0 Å². The molecule has 0 saturated heterocycles. The van der Waals surface area contributed by atoms with Crippen LogP contribution in [0.25, 0.3) is 0 Å². The van der Waals surface area contributed by atoms with Crippen LogP contribution in [-0.2, 0) is 6.61 Å². The first-order chi connectivity index (χ1) is 8.15. The Labute approximate surface area is 112 Å². The third kappa shape index (κ3) is 3.45. The number of halogens is 3. The first-order valence-corrected chi connectivity index (χ1v) is 6.14. The maximum absolute atomic E-state index is 12.9. The molecule has 0 aliphatic heterocycles. The van der Waals surface area contributed by atoms with Crippen LogP contribution < -0.4 is 4.74 Å². The SMILES string of the molecule is Fc1ccc(OCc2ccc(Cl)cc2)c(Br)c1. The maximum Gasteiger partial charge on any atom is 0.134 e. The van der Waals surface area contributed by atoms with Crippen molar-refractivity contribution in [1.82, 2.24) is 0 Å². The molecule has 88 valence electrons. The summed E-state index contributed by atoms with van der Waals surface area (Å²) in [5.41, 5.74) is 1.01. The summed E-state index contributed by atoms with van der Waals surface area (Å²) in [6.45, 7) is 0.418. The summed E-state index contributed by atoms with van der Waals surface area (Å²) >= 11 is 9.03. The normalized spacial score (nSPS) is 10.3. The van der Waals surface area contributed by atoms with Gasteiger partial charge in [-0.25, -0.2) is 4.39 Å². The van der Waals surface area contributed by atoms with Gasteiger partial charge in [-0.3, -0.25) is 0 Å². The summed E-state index contributed by atoms with van der Waals surface area (Å²) in [7, 11) is 0. The van der Waals surface area contributed by atoms with Gasteiger partial charge in [0.15, 0.2) is 0 Å². The minimum atomic E-state index is -0.296. The van der Waals surface area contributed by atoms with Crippen molar-refractivity contribution in [2.24, 2.45) is 0 Å². The lowest BCUT2D eigenvalue weighted by molar-refractivity contribution is 0.303. The fourth-order valence-corrected chi connectivity index (χ4v) is 1.93. The molecule has 0 heterocycles. The van der Waals surface area contributed by atoms with Gasteiger partial charge in [-0.15, -0.1) is 0 Å². The summed E-state index contributed by atoms with van der Waals surface area (Å²) < 4.78 is 19.0. The first kappa shape index (κ1) is 12.4. The van der Waals surface area contributed by atoms with Crippen molar-refractivity contribution in [2.45, 2.75) is 6.61 Å². The average Bonchev–Trinajstić information content (AvgIpc) is 2.30. The Balaban J connectivity index is 2.04. The van der Waals surface area contributed by atoms with Crippen LogP contribution in [-0.4, -0.2) is 0 Å². The Morgan fingerprint density at radius 2 is 1.82 bits per heavy atom. The van der Waals surface area contributed by atoms with E-state index in [0.717, 1.165) is 5.56 Å². The molecule has 0 bridgehead atoms. The van der Waals surface area contributed by atoms with Gasteiger partial charge in [0, 0.05) is 5.02 Å². The zero-order valence-electron chi connectivity index (χ0n) is 8.79. The van der Waals surface area contributed by atoms with Crippen LogP contribution in [0.15, 0.2) is 46.9 Å². The molecule has 0 N–H and O–H groups in total. The van der Waals surface area contributed by atoms with Crippen molar-refractivity contribution >= 4 is 27.5 Å². The monoisotopic (exact) mass is 314 g/mol. The molecule has 0 aromatic heterocycles. The third-order valence-corrected chi connectivity index (χ3v) is 3.07. The Morgan fingerprint density at radius 3 is 2.47 bits per heavy atom. The Morgan fingerprint density at radius 1 is 1.12 bits per heavy atom. The number of hydrogen-bond donors (Lipinski definition) is 0. The molecule has 0 saturated carbocycles. The number of rotatable bonds is 3. The second kappa shape index (κ2) is 5.52. The molecule has 4 heteroatoms. The minimum Gasteiger partial charge on any atom is -0.488 e. The highest BCUT2D eigenvalue weighted by atomic mass is 79.9. The molecule has 0 spiro atoms. The fraction of sp³-hybridized carbons (Fsp3) is 0.0769. The molecule has 2 rings (SSSR count). The Kier molecular flexibility index (Phi) is 4.02. The second-order valence-corrected chi connectivity index (χ2v) is 4.78. The third-order valence-electron chi connectivity index (χ3n) is 2.20. The summed E-state index contributed by atoms with van der Waals surface area (Å²) in [5.74, 6) is 0.317. The van der Waals surface area contributed by atoms with Crippen LogP contribution in [0.5, 0.6) is 5.75 Å². The minimum absolute atomic E-state index is 0.296. The van der Waals surface area contributed by atoms with E-state index in [2.05, 4.69) is 15.9 Å². The second-order valence-electron chi connectivity index (χ2n) is 3.49. The van der Waals surface area contributed by atoms with Crippen molar-refractivity contribution in [3.8, 4) is 5.75 Å². The van der Waals surface area contributed by atoms with Gasteiger partial charge in [-0.05, 0) is 51.8 Å². The van der Waals surface area contributed by atoms with Gasteiger partial charge in [0.05, 0.1) is 4.47 Å². The number of ether oxygens (including phenoxy) is 1. The lowest BCUT2D eigenvalue weighted by atomic mass is 10.2. The van der Waals surface area contributed by atoms with E-state index < -0.39 is 0 Å². The van der Waals surface area contributed by atoms with E-state index in [-0.39, 0.29) is 5.82 Å². The molecule has 0 radical (unpaired) electrons. The highest BCUT2D eigenvalue weighted by Crippen LogP contribution is 2.26. The fourth-order valence-electron chi connectivity index (χ4n) is 1.33. The van der Waals surface area contributed by atoms with Crippen LogP contribution in [0.2, 0.25) is 5.02 Å². The van der Waals surface area contributed by atoms with Gasteiger partial charge in [0.1, 0.15) is 18.2 Å². The lowest BCUT2D eigenvalue weighted by Crippen LogP contribution is -1.96. The lowest BCUT2D eigenvalue weighted by Gasteiger charge is -2.08. The molecular formula is C13H9BrClFO. The molecule has 17 heavy (non-hydrogen) atoms. The van der Waals surface area contributed by atoms with Gasteiger partial charge in [-0.2, -0.15) is 0 Å². The molecule has 0 aliphatic rings. The van der Waals surface area contributed by atoms with Crippen LogP contribution in [0.4, 0.5) is 4.39 Å². The highest BCUT2D eigenvalue weighted by Gasteiger charge is 2.03. The molecule has 1 nitrogen and oxygen atoms in total. The van der Waals surface area contributed by atoms with Crippen molar-refractivity contribution in [1.29, 1.82) is 0 Å². The van der Waals surface area contributed by atoms with E-state index in [1.165, 1.54) is 12.1 Å². The number of benzene rings is 2. The Bertz CT molecular complexity index is 513. The van der Waals surface area contributed by atoms with Crippen molar-refractivity contribution in [3.05, 3.63) is 63.3 Å². The summed E-state index contributed by atoms with van der Waals surface area (Å²) in [6, 6.07) is 11.7. The van der Waals surface area contributed by atoms with E-state index in [0.29, 0.717) is 21.9 Å².